The summed E-state index contributed by atoms with van der Waals surface area (Å²) >= 11 is 0. The second-order valence-corrected chi connectivity index (χ2v) is 7.79. The van der Waals surface area contributed by atoms with Crippen molar-refractivity contribution in [1.82, 2.24) is 5.01 Å². The van der Waals surface area contributed by atoms with E-state index >= 15 is 0 Å². The average molecular weight is 414 g/mol. The minimum absolute atomic E-state index is 0.101. The number of rotatable bonds is 3. The summed E-state index contributed by atoms with van der Waals surface area (Å²) in [7, 11) is 1.67. The molecule has 6 rings (SSSR count). The molecule has 156 valence electrons. The summed E-state index contributed by atoms with van der Waals surface area (Å²) in [6.07, 6.45) is 0.463. The number of nitrogens with zero attached hydrogens (tertiary/aromatic N) is 2. The van der Waals surface area contributed by atoms with E-state index in [-0.39, 0.29) is 12.3 Å². The van der Waals surface area contributed by atoms with Gasteiger partial charge in [-0.3, -0.25) is 0 Å². The Kier molecular flexibility index (Phi) is 4.23. The summed E-state index contributed by atoms with van der Waals surface area (Å²) in [4.78, 5) is 0. The molecule has 0 aromatic heterocycles. The lowest BCUT2D eigenvalue weighted by molar-refractivity contribution is -0.0191. The van der Waals surface area contributed by atoms with Crippen LogP contribution in [0.2, 0.25) is 0 Å². The number of hydrogen-bond donors (Lipinski definition) is 0. The quantitative estimate of drug-likeness (QED) is 0.621. The summed E-state index contributed by atoms with van der Waals surface area (Å²) in [5, 5.41) is 7.10. The molecule has 31 heavy (non-hydrogen) atoms. The molecule has 0 radical (unpaired) electrons. The van der Waals surface area contributed by atoms with Gasteiger partial charge in [0.05, 0.1) is 18.9 Å². The Morgan fingerprint density at radius 1 is 0.903 bits per heavy atom. The third kappa shape index (κ3) is 3.06. The van der Waals surface area contributed by atoms with Crippen LogP contribution in [-0.4, -0.2) is 31.0 Å². The number of hydrogen-bond acceptors (Lipinski definition) is 6. The second kappa shape index (κ2) is 7.23. The summed E-state index contributed by atoms with van der Waals surface area (Å²) in [5.74, 6) is 3.26. The summed E-state index contributed by atoms with van der Waals surface area (Å²) < 4.78 is 23.3. The Morgan fingerprint density at radius 2 is 1.77 bits per heavy atom. The maximum atomic E-state index is 6.42. The van der Waals surface area contributed by atoms with E-state index in [9.17, 15) is 0 Å². The molecule has 0 bridgehead atoms. The maximum Gasteiger partial charge on any atom is 0.214 e. The first-order valence-electron chi connectivity index (χ1n) is 10.5. The van der Waals surface area contributed by atoms with Gasteiger partial charge in [0.1, 0.15) is 24.7 Å². The van der Waals surface area contributed by atoms with Gasteiger partial charge in [0.15, 0.2) is 11.5 Å². The molecule has 3 aromatic rings. The SMILES string of the molecule is COc1cccc([C@H]2Oc3ccccc3[C@@H]3CC(c4ccc5c(c4)OCCO5)=NN23)c1. The van der Waals surface area contributed by atoms with Crippen molar-refractivity contribution in [3.8, 4) is 23.0 Å². The molecule has 0 fully saturated rings. The highest BCUT2D eigenvalue weighted by atomic mass is 16.6. The third-order valence-corrected chi connectivity index (χ3v) is 5.95. The van der Waals surface area contributed by atoms with Crippen molar-refractivity contribution in [3.05, 3.63) is 83.4 Å². The highest BCUT2D eigenvalue weighted by molar-refractivity contribution is 6.02. The van der Waals surface area contributed by atoms with Crippen molar-refractivity contribution in [2.24, 2.45) is 5.10 Å². The largest absolute Gasteiger partial charge is 0.497 e. The number of ether oxygens (including phenoxy) is 4. The van der Waals surface area contributed by atoms with E-state index in [1.807, 2.05) is 48.5 Å². The molecule has 0 aliphatic carbocycles. The van der Waals surface area contributed by atoms with Gasteiger partial charge in [0.2, 0.25) is 6.23 Å². The minimum atomic E-state index is -0.329. The predicted molar refractivity (Wildman–Crippen MR) is 116 cm³/mol. The summed E-state index contributed by atoms with van der Waals surface area (Å²) in [6.45, 7) is 1.15. The molecule has 3 aliphatic heterocycles. The first kappa shape index (κ1) is 18.1. The van der Waals surface area contributed by atoms with Gasteiger partial charge in [-0.2, -0.15) is 5.10 Å². The number of benzene rings is 3. The highest BCUT2D eigenvalue weighted by Gasteiger charge is 2.41. The smallest absolute Gasteiger partial charge is 0.214 e. The van der Waals surface area contributed by atoms with Crippen LogP contribution in [0.25, 0.3) is 0 Å². The predicted octanol–water partition coefficient (Wildman–Crippen LogP) is 4.71. The lowest BCUT2D eigenvalue weighted by Crippen LogP contribution is -2.33. The van der Waals surface area contributed by atoms with Crippen molar-refractivity contribution >= 4 is 5.71 Å². The van der Waals surface area contributed by atoms with Gasteiger partial charge in [-0.05, 0) is 36.4 Å². The first-order chi connectivity index (χ1) is 15.3. The van der Waals surface area contributed by atoms with Gasteiger partial charge < -0.3 is 18.9 Å². The minimum Gasteiger partial charge on any atom is -0.497 e. The van der Waals surface area contributed by atoms with Crippen molar-refractivity contribution in [2.75, 3.05) is 20.3 Å². The summed E-state index contributed by atoms with van der Waals surface area (Å²) in [6, 6.07) is 22.3. The van der Waals surface area contributed by atoms with E-state index in [0.29, 0.717) is 13.2 Å². The van der Waals surface area contributed by atoms with Gasteiger partial charge in [-0.15, -0.1) is 0 Å². The Bertz CT molecular complexity index is 1180. The standard InChI is InChI=1S/C25H22N2O4/c1-28-18-6-4-5-17(13-18)25-27-21(19-7-2-3-8-22(19)31-25)15-20(26-27)16-9-10-23-24(14-16)30-12-11-29-23/h2-10,13-14,21,25H,11-12,15H2,1H3/t21-,25+/m0/s1. The van der Waals surface area contributed by atoms with E-state index in [2.05, 4.69) is 23.2 Å². The molecule has 0 spiro atoms. The topological polar surface area (TPSA) is 52.5 Å². The second-order valence-electron chi connectivity index (χ2n) is 7.79. The fourth-order valence-electron chi connectivity index (χ4n) is 4.45. The molecule has 3 heterocycles. The van der Waals surface area contributed by atoms with Crippen LogP contribution in [0.4, 0.5) is 0 Å². The van der Waals surface area contributed by atoms with Gasteiger partial charge in [-0.25, -0.2) is 5.01 Å². The molecule has 2 atom stereocenters. The molecule has 6 nitrogen and oxygen atoms in total. The average Bonchev–Trinajstić information content (AvgIpc) is 3.29. The van der Waals surface area contributed by atoms with E-state index in [4.69, 9.17) is 24.0 Å². The fraction of sp³-hybridized carbons (Fsp3) is 0.240. The molecule has 0 amide bonds. The van der Waals surface area contributed by atoms with Crippen molar-refractivity contribution < 1.29 is 18.9 Å². The molecule has 0 unspecified atom stereocenters. The fourth-order valence-corrected chi connectivity index (χ4v) is 4.45. The van der Waals surface area contributed by atoms with Crippen LogP contribution in [0.15, 0.2) is 71.8 Å². The van der Waals surface area contributed by atoms with Crippen molar-refractivity contribution in [1.29, 1.82) is 0 Å². The normalized spacial score (nSPS) is 20.9. The molecule has 6 heteroatoms. The molecule has 0 saturated carbocycles. The van der Waals surface area contributed by atoms with E-state index in [1.165, 1.54) is 0 Å². The van der Waals surface area contributed by atoms with E-state index in [1.54, 1.807) is 7.11 Å². The molecular weight excluding hydrogens is 392 g/mol. The van der Waals surface area contributed by atoms with Gasteiger partial charge >= 0.3 is 0 Å². The molecule has 3 aromatic carbocycles. The number of para-hydroxylation sites is 1. The third-order valence-electron chi connectivity index (χ3n) is 5.95. The number of hydrazone groups is 1. The molecule has 3 aliphatic rings. The van der Waals surface area contributed by atoms with Gasteiger partial charge in [-0.1, -0.05) is 30.3 Å². The maximum absolute atomic E-state index is 6.42. The van der Waals surface area contributed by atoms with Crippen molar-refractivity contribution in [3.63, 3.8) is 0 Å². The number of fused-ring (bicyclic) bond motifs is 4. The Morgan fingerprint density at radius 3 is 2.68 bits per heavy atom. The zero-order valence-electron chi connectivity index (χ0n) is 17.2. The van der Waals surface area contributed by atoms with Crippen LogP contribution >= 0.6 is 0 Å². The van der Waals surface area contributed by atoms with Gasteiger partial charge in [0.25, 0.3) is 0 Å². The molecule has 0 saturated heterocycles. The lowest BCUT2D eigenvalue weighted by atomic mass is 9.95. The Hall–Kier alpha value is -3.67. The zero-order valence-corrected chi connectivity index (χ0v) is 17.2. The monoisotopic (exact) mass is 414 g/mol. The number of methoxy groups -OCH3 is 1. The summed E-state index contributed by atoms with van der Waals surface area (Å²) in [5.41, 5.74) is 4.21. The molecular formula is C25H22N2O4. The van der Waals surface area contributed by atoms with Crippen LogP contribution in [-0.2, 0) is 0 Å². The zero-order chi connectivity index (χ0) is 20.8. The van der Waals surface area contributed by atoms with Crippen LogP contribution in [0.3, 0.4) is 0 Å². The van der Waals surface area contributed by atoms with Crippen LogP contribution in [0, 0.1) is 0 Å². The lowest BCUT2D eigenvalue weighted by Gasteiger charge is -2.38. The molecule has 0 N–H and O–H groups in total. The van der Waals surface area contributed by atoms with Crippen LogP contribution in [0.5, 0.6) is 23.0 Å². The first-order valence-corrected chi connectivity index (χ1v) is 10.5. The van der Waals surface area contributed by atoms with Gasteiger partial charge in [0, 0.05) is 23.1 Å². The highest BCUT2D eigenvalue weighted by Crippen LogP contribution is 2.48. The Balaban J connectivity index is 1.41. The van der Waals surface area contributed by atoms with E-state index < -0.39 is 0 Å². The van der Waals surface area contributed by atoms with Crippen molar-refractivity contribution in [2.45, 2.75) is 18.7 Å². The van der Waals surface area contributed by atoms with E-state index in [0.717, 1.165) is 51.8 Å². The van der Waals surface area contributed by atoms with Crippen LogP contribution < -0.4 is 18.9 Å². The van der Waals surface area contributed by atoms with Crippen LogP contribution in [0.1, 0.15) is 35.4 Å². The Labute approximate surface area is 180 Å².